The first-order chi connectivity index (χ1) is 10.1. The molecule has 1 saturated carbocycles. The number of hydrogen-bond donors (Lipinski definition) is 2. The Morgan fingerprint density at radius 1 is 1.33 bits per heavy atom. The summed E-state index contributed by atoms with van der Waals surface area (Å²) >= 11 is 1.61. The van der Waals surface area contributed by atoms with E-state index < -0.39 is 0 Å². The van der Waals surface area contributed by atoms with E-state index in [9.17, 15) is 9.59 Å². The van der Waals surface area contributed by atoms with Crippen LogP contribution in [-0.2, 0) is 17.6 Å². The van der Waals surface area contributed by atoms with Crippen molar-refractivity contribution >= 4 is 23.2 Å². The fourth-order valence-electron chi connectivity index (χ4n) is 3.04. The van der Waals surface area contributed by atoms with E-state index in [0.29, 0.717) is 6.54 Å². The molecule has 112 valence electrons. The molecule has 0 aromatic carbocycles. The third-order valence-corrected chi connectivity index (χ3v) is 5.68. The minimum atomic E-state index is -0.277. The SMILES string of the molecule is C=CC(=O)NC1(CNC(=O)c2cc3c(s2)CCC3)CCC1. The van der Waals surface area contributed by atoms with Crippen LogP contribution >= 0.6 is 11.3 Å². The lowest BCUT2D eigenvalue weighted by atomic mass is 9.76. The second kappa shape index (κ2) is 5.64. The maximum Gasteiger partial charge on any atom is 0.261 e. The number of rotatable bonds is 5. The minimum Gasteiger partial charge on any atom is -0.349 e. The van der Waals surface area contributed by atoms with E-state index in [1.807, 2.05) is 6.07 Å². The van der Waals surface area contributed by atoms with Crippen LogP contribution in [0.1, 0.15) is 45.8 Å². The molecule has 2 N–H and O–H groups in total. The lowest BCUT2D eigenvalue weighted by Gasteiger charge is -2.42. The fraction of sp³-hybridized carbons (Fsp3) is 0.500. The van der Waals surface area contributed by atoms with Crippen LogP contribution in [0.2, 0.25) is 0 Å². The number of nitrogens with one attached hydrogen (secondary N) is 2. The van der Waals surface area contributed by atoms with Crippen LogP contribution in [0.15, 0.2) is 18.7 Å². The Morgan fingerprint density at radius 2 is 2.14 bits per heavy atom. The summed E-state index contributed by atoms with van der Waals surface area (Å²) in [6.07, 6.45) is 7.60. The van der Waals surface area contributed by atoms with Crippen LogP contribution in [0, 0.1) is 0 Å². The first-order valence-corrected chi connectivity index (χ1v) is 8.28. The van der Waals surface area contributed by atoms with Gasteiger partial charge in [0.25, 0.3) is 5.91 Å². The zero-order chi connectivity index (χ0) is 14.9. The van der Waals surface area contributed by atoms with E-state index in [-0.39, 0.29) is 17.4 Å². The monoisotopic (exact) mass is 304 g/mol. The van der Waals surface area contributed by atoms with Crippen molar-refractivity contribution in [3.63, 3.8) is 0 Å². The molecule has 21 heavy (non-hydrogen) atoms. The maximum absolute atomic E-state index is 12.3. The lowest BCUT2D eigenvalue weighted by Crippen LogP contribution is -2.59. The maximum atomic E-state index is 12.3. The zero-order valence-electron chi connectivity index (χ0n) is 12.0. The summed E-state index contributed by atoms with van der Waals surface area (Å²) in [5.74, 6) is -0.187. The van der Waals surface area contributed by atoms with Crippen LogP contribution in [-0.4, -0.2) is 23.9 Å². The molecule has 1 fully saturated rings. The topological polar surface area (TPSA) is 58.2 Å². The van der Waals surface area contributed by atoms with Gasteiger partial charge in [-0.25, -0.2) is 0 Å². The van der Waals surface area contributed by atoms with Gasteiger partial charge in [0.2, 0.25) is 5.91 Å². The van der Waals surface area contributed by atoms with Crippen LogP contribution in [0.5, 0.6) is 0 Å². The van der Waals surface area contributed by atoms with Gasteiger partial charge in [0.15, 0.2) is 0 Å². The van der Waals surface area contributed by atoms with Crippen molar-refractivity contribution in [2.45, 2.75) is 44.1 Å². The van der Waals surface area contributed by atoms with Crippen molar-refractivity contribution < 1.29 is 9.59 Å². The molecule has 2 amide bonds. The third kappa shape index (κ3) is 2.88. The van der Waals surface area contributed by atoms with E-state index in [0.717, 1.165) is 37.0 Å². The molecule has 4 nitrogen and oxygen atoms in total. The van der Waals surface area contributed by atoms with E-state index in [1.165, 1.54) is 22.9 Å². The van der Waals surface area contributed by atoms with E-state index in [1.54, 1.807) is 11.3 Å². The van der Waals surface area contributed by atoms with Gasteiger partial charge in [0.1, 0.15) is 0 Å². The minimum absolute atomic E-state index is 0.0199. The van der Waals surface area contributed by atoms with Crippen molar-refractivity contribution in [2.75, 3.05) is 6.54 Å². The van der Waals surface area contributed by atoms with E-state index in [4.69, 9.17) is 0 Å². The highest BCUT2D eigenvalue weighted by Gasteiger charge is 2.38. The first-order valence-electron chi connectivity index (χ1n) is 7.46. The Bertz CT molecular complexity index is 566. The smallest absolute Gasteiger partial charge is 0.261 e. The number of fused-ring (bicyclic) bond motifs is 1. The Labute approximate surface area is 128 Å². The summed E-state index contributed by atoms with van der Waals surface area (Å²) < 4.78 is 0. The molecule has 0 unspecified atom stereocenters. The molecule has 2 aliphatic carbocycles. The lowest BCUT2D eigenvalue weighted by molar-refractivity contribution is -0.119. The van der Waals surface area contributed by atoms with Crippen LogP contribution in [0.4, 0.5) is 0 Å². The number of amides is 2. The summed E-state index contributed by atoms with van der Waals surface area (Å²) in [4.78, 5) is 25.9. The number of carbonyl (C=O) groups excluding carboxylic acids is 2. The van der Waals surface area contributed by atoms with Crippen molar-refractivity contribution in [1.29, 1.82) is 0 Å². The molecule has 1 aromatic rings. The number of thiophene rings is 1. The van der Waals surface area contributed by atoms with Crippen molar-refractivity contribution in [2.24, 2.45) is 0 Å². The molecule has 3 rings (SSSR count). The van der Waals surface area contributed by atoms with Crippen LogP contribution in [0.3, 0.4) is 0 Å². The quantitative estimate of drug-likeness (QED) is 0.819. The standard InChI is InChI=1S/C16H20N2O2S/c1-2-14(19)18-16(7-4-8-16)10-17-15(20)13-9-11-5-3-6-12(11)21-13/h2,9H,1,3-8,10H2,(H,17,20)(H,18,19). The number of carbonyl (C=O) groups is 2. The first kappa shape index (κ1) is 14.3. The second-order valence-corrected chi connectivity index (χ2v) is 7.06. The molecule has 0 spiro atoms. The molecule has 0 bridgehead atoms. The Balaban J connectivity index is 1.59. The highest BCUT2D eigenvalue weighted by atomic mass is 32.1. The Kier molecular flexibility index (Phi) is 3.85. The molecule has 5 heteroatoms. The summed E-state index contributed by atoms with van der Waals surface area (Å²) in [6.45, 7) is 3.97. The predicted octanol–water partition coefficient (Wildman–Crippen LogP) is 2.19. The summed E-state index contributed by atoms with van der Waals surface area (Å²) in [7, 11) is 0. The van der Waals surface area contributed by atoms with Gasteiger partial charge >= 0.3 is 0 Å². The van der Waals surface area contributed by atoms with Gasteiger partial charge < -0.3 is 10.6 Å². The van der Waals surface area contributed by atoms with Crippen molar-refractivity contribution in [3.05, 3.63) is 34.0 Å². The van der Waals surface area contributed by atoms with Gasteiger partial charge in [-0.15, -0.1) is 11.3 Å². The molecule has 2 aliphatic rings. The summed E-state index contributed by atoms with van der Waals surface area (Å²) in [5, 5.41) is 5.94. The summed E-state index contributed by atoms with van der Waals surface area (Å²) in [6, 6.07) is 2.03. The average molecular weight is 304 g/mol. The molecule has 1 aromatic heterocycles. The van der Waals surface area contributed by atoms with Crippen molar-refractivity contribution in [3.8, 4) is 0 Å². The molecule has 1 heterocycles. The summed E-state index contributed by atoms with van der Waals surface area (Å²) in [5.41, 5.74) is 1.06. The zero-order valence-corrected chi connectivity index (χ0v) is 12.9. The molecule has 0 atom stereocenters. The molecule has 0 radical (unpaired) electrons. The second-order valence-electron chi connectivity index (χ2n) is 5.92. The molecule has 0 aliphatic heterocycles. The van der Waals surface area contributed by atoms with Gasteiger partial charge in [0.05, 0.1) is 10.4 Å². The Hall–Kier alpha value is -1.62. The average Bonchev–Trinajstić information content (AvgIpc) is 3.01. The van der Waals surface area contributed by atoms with Gasteiger partial charge in [-0.1, -0.05) is 6.58 Å². The van der Waals surface area contributed by atoms with Crippen LogP contribution in [0.25, 0.3) is 0 Å². The molecule has 0 saturated heterocycles. The molecular formula is C16H20N2O2S. The largest absolute Gasteiger partial charge is 0.349 e. The van der Waals surface area contributed by atoms with Gasteiger partial charge in [-0.05, 0) is 56.2 Å². The highest BCUT2D eigenvalue weighted by molar-refractivity contribution is 7.14. The van der Waals surface area contributed by atoms with Gasteiger partial charge in [-0.2, -0.15) is 0 Å². The van der Waals surface area contributed by atoms with Gasteiger partial charge in [-0.3, -0.25) is 9.59 Å². The van der Waals surface area contributed by atoms with Crippen LogP contribution < -0.4 is 10.6 Å². The fourth-order valence-corrected chi connectivity index (χ4v) is 4.21. The molecular weight excluding hydrogens is 284 g/mol. The third-order valence-electron chi connectivity index (χ3n) is 4.44. The van der Waals surface area contributed by atoms with E-state index >= 15 is 0 Å². The Morgan fingerprint density at radius 3 is 2.76 bits per heavy atom. The van der Waals surface area contributed by atoms with Crippen molar-refractivity contribution in [1.82, 2.24) is 10.6 Å². The van der Waals surface area contributed by atoms with E-state index in [2.05, 4.69) is 17.2 Å². The predicted molar refractivity (Wildman–Crippen MR) is 83.6 cm³/mol. The van der Waals surface area contributed by atoms with Gasteiger partial charge in [0, 0.05) is 11.4 Å². The highest BCUT2D eigenvalue weighted by Crippen LogP contribution is 2.32. The normalized spacial score (nSPS) is 18.5. The number of hydrogen-bond acceptors (Lipinski definition) is 3. The number of aryl methyl sites for hydroxylation is 2.